The number of likely N-dealkylation sites (tertiary alicyclic amines) is 1. The number of aliphatic hydroxyl groups excluding tert-OH is 1. The van der Waals surface area contributed by atoms with Gasteiger partial charge in [0.1, 0.15) is 6.61 Å². The summed E-state index contributed by atoms with van der Waals surface area (Å²) in [6.07, 6.45) is -0.938. The molecule has 1 N–H and O–H groups in total. The van der Waals surface area contributed by atoms with Crippen LogP contribution >= 0.6 is 0 Å². The van der Waals surface area contributed by atoms with Gasteiger partial charge >= 0.3 is 6.09 Å². The molecular formula is C18H29NO4Si. The number of aliphatic hydroxyl groups is 1. The Balaban J connectivity index is 1.86. The molecule has 1 saturated heterocycles. The van der Waals surface area contributed by atoms with Crippen molar-refractivity contribution in [2.75, 3.05) is 13.2 Å². The van der Waals surface area contributed by atoms with Crippen molar-refractivity contribution < 1.29 is 19.1 Å². The second-order valence-corrected chi connectivity index (χ2v) is 12.7. The summed E-state index contributed by atoms with van der Waals surface area (Å²) in [5.74, 6) is 0. The quantitative estimate of drug-likeness (QED) is 0.826. The normalized spacial score (nSPS) is 21.3. The van der Waals surface area contributed by atoms with Gasteiger partial charge in [-0.3, -0.25) is 4.90 Å². The van der Waals surface area contributed by atoms with Crippen molar-refractivity contribution in [2.45, 2.75) is 57.7 Å². The molecule has 1 aliphatic heterocycles. The molecule has 0 spiro atoms. The Labute approximate surface area is 145 Å². The number of carbonyl (C=O) groups is 1. The standard InChI is InChI=1S/C18H29NO4Si/c1-18(2,3)24(4,5)23-13-15-16(20)11-19(15)17(21)22-12-14-9-7-6-8-10-14/h6-10,15-16,20H,11-13H2,1-5H3/t15-,16+/m0/s1. The molecule has 0 unspecified atom stereocenters. The first-order chi connectivity index (χ1) is 11.1. The van der Waals surface area contributed by atoms with Crippen LogP contribution in [0.15, 0.2) is 30.3 Å². The number of ether oxygens (including phenoxy) is 1. The van der Waals surface area contributed by atoms with Crippen LogP contribution in [-0.4, -0.2) is 49.7 Å². The second-order valence-electron chi connectivity index (χ2n) is 7.90. The minimum atomic E-state index is -1.91. The van der Waals surface area contributed by atoms with Crippen LogP contribution in [0, 0.1) is 0 Å². The minimum Gasteiger partial charge on any atom is -0.445 e. The summed E-state index contributed by atoms with van der Waals surface area (Å²) in [7, 11) is -1.91. The van der Waals surface area contributed by atoms with E-state index >= 15 is 0 Å². The third kappa shape index (κ3) is 4.37. The highest BCUT2D eigenvalue weighted by molar-refractivity contribution is 6.74. The zero-order chi connectivity index (χ0) is 18.0. The van der Waals surface area contributed by atoms with E-state index in [-0.39, 0.29) is 17.7 Å². The molecule has 24 heavy (non-hydrogen) atoms. The highest BCUT2D eigenvalue weighted by atomic mass is 28.4. The number of β-amino-alcohol motifs (C(OH)–C–C–N with tert-alkyl or cyclic N) is 1. The van der Waals surface area contributed by atoms with Crippen LogP contribution in [0.2, 0.25) is 18.1 Å². The molecule has 0 aliphatic carbocycles. The Morgan fingerprint density at radius 1 is 1.29 bits per heavy atom. The van der Waals surface area contributed by atoms with E-state index in [9.17, 15) is 9.90 Å². The zero-order valence-electron chi connectivity index (χ0n) is 15.3. The number of rotatable bonds is 5. The predicted molar refractivity (Wildman–Crippen MR) is 96.3 cm³/mol. The molecule has 0 aromatic heterocycles. The minimum absolute atomic E-state index is 0.0976. The van der Waals surface area contributed by atoms with E-state index in [1.807, 2.05) is 30.3 Å². The Bertz CT molecular complexity index is 556. The Morgan fingerprint density at radius 3 is 2.46 bits per heavy atom. The Morgan fingerprint density at radius 2 is 1.92 bits per heavy atom. The van der Waals surface area contributed by atoms with Crippen LogP contribution in [0.5, 0.6) is 0 Å². The maximum atomic E-state index is 12.2. The predicted octanol–water partition coefficient (Wildman–Crippen LogP) is 3.39. The molecule has 5 nitrogen and oxygen atoms in total. The summed E-state index contributed by atoms with van der Waals surface area (Å²) in [4.78, 5) is 13.8. The van der Waals surface area contributed by atoms with E-state index in [0.29, 0.717) is 13.2 Å². The molecule has 2 atom stereocenters. The first kappa shape index (κ1) is 19.0. The average Bonchev–Trinajstić information content (AvgIpc) is 2.50. The lowest BCUT2D eigenvalue weighted by Crippen LogP contribution is -2.65. The molecule has 6 heteroatoms. The molecule has 0 bridgehead atoms. The number of nitrogens with zero attached hydrogens (tertiary/aromatic N) is 1. The SMILES string of the molecule is CC(C)(C)[Si](C)(C)OC[C@H]1[C@H](O)CN1C(=O)OCc1ccccc1. The van der Waals surface area contributed by atoms with Gasteiger partial charge in [0.2, 0.25) is 0 Å². The first-order valence-corrected chi connectivity index (χ1v) is 11.3. The lowest BCUT2D eigenvalue weighted by Gasteiger charge is -2.46. The molecule has 1 aromatic rings. The first-order valence-electron chi connectivity index (χ1n) is 8.41. The third-order valence-corrected chi connectivity index (χ3v) is 9.59. The fraction of sp³-hybridized carbons (Fsp3) is 0.611. The van der Waals surface area contributed by atoms with Gasteiger partial charge in [-0.1, -0.05) is 51.1 Å². The van der Waals surface area contributed by atoms with E-state index < -0.39 is 20.5 Å². The lowest BCUT2D eigenvalue weighted by molar-refractivity contribution is -0.0716. The van der Waals surface area contributed by atoms with Gasteiger partial charge in [-0.15, -0.1) is 0 Å². The highest BCUT2D eigenvalue weighted by Crippen LogP contribution is 2.37. The van der Waals surface area contributed by atoms with Gasteiger partial charge in [-0.05, 0) is 23.7 Å². The molecule has 1 aliphatic rings. The summed E-state index contributed by atoms with van der Waals surface area (Å²) >= 11 is 0. The van der Waals surface area contributed by atoms with Crippen LogP contribution in [0.4, 0.5) is 4.79 Å². The monoisotopic (exact) mass is 351 g/mol. The maximum absolute atomic E-state index is 12.2. The van der Waals surface area contributed by atoms with Crippen LogP contribution in [0.1, 0.15) is 26.3 Å². The van der Waals surface area contributed by atoms with Crippen molar-refractivity contribution in [3.8, 4) is 0 Å². The van der Waals surface area contributed by atoms with Crippen molar-refractivity contribution in [3.63, 3.8) is 0 Å². The Kier molecular flexibility index (Phi) is 5.73. The summed E-state index contributed by atoms with van der Waals surface area (Å²) in [6.45, 7) is 11.7. The molecule has 0 saturated carbocycles. The summed E-state index contributed by atoms with van der Waals surface area (Å²) in [6, 6.07) is 9.25. The maximum Gasteiger partial charge on any atom is 0.410 e. The summed E-state index contributed by atoms with van der Waals surface area (Å²) in [5.41, 5.74) is 0.945. The van der Waals surface area contributed by atoms with E-state index in [2.05, 4.69) is 33.9 Å². The topological polar surface area (TPSA) is 59.0 Å². The number of amides is 1. The van der Waals surface area contributed by atoms with Gasteiger partial charge in [-0.25, -0.2) is 4.79 Å². The van der Waals surface area contributed by atoms with Crippen LogP contribution in [0.25, 0.3) is 0 Å². The van der Waals surface area contributed by atoms with Crippen molar-refractivity contribution in [3.05, 3.63) is 35.9 Å². The highest BCUT2D eigenvalue weighted by Gasteiger charge is 2.45. The average molecular weight is 352 g/mol. The van der Waals surface area contributed by atoms with Crippen molar-refractivity contribution in [1.82, 2.24) is 4.90 Å². The number of carbonyl (C=O) groups excluding carboxylic acids is 1. The fourth-order valence-corrected chi connectivity index (χ4v) is 3.27. The van der Waals surface area contributed by atoms with Crippen molar-refractivity contribution in [2.24, 2.45) is 0 Å². The Hall–Kier alpha value is -1.37. The van der Waals surface area contributed by atoms with Gasteiger partial charge in [-0.2, -0.15) is 0 Å². The molecular weight excluding hydrogens is 322 g/mol. The van der Waals surface area contributed by atoms with Gasteiger partial charge in [0, 0.05) is 0 Å². The van der Waals surface area contributed by atoms with Crippen LogP contribution < -0.4 is 0 Å². The van der Waals surface area contributed by atoms with Gasteiger partial charge < -0.3 is 14.3 Å². The molecule has 1 fully saturated rings. The molecule has 1 heterocycles. The van der Waals surface area contributed by atoms with Gasteiger partial charge in [0.25, 0.3) is 0 Å². The summed E-state index contributed by atoms with van der Waals surface area (Å²) < 4.78 is 11.5. The number of benzene rings is 1. The van der Waals surface area contributed by atoms with Gasteiger partial charge in [0.15, 0.2) is 8.32 Å². The van der Waals surface area contributed by atoms with Crippen molar-refractivity contribution in [1.29, 1.82) is 0 Å². The van der Waals surface area contributed by atoms with E-state index in [1.54, 1.807) is 4.90 Å². The number of hydrogen-bond donors (Lipinski definition) is 1. The molecule has 1 amide bonds. The largest absolute Gasteiger partial charge is 0.445 e. The van der Waals surface area contributed by atoms with Crippen molar-refractivity contribution >= 4 is 14.4 Å². The molecule has 0 radical (unpaired) electrons. The van der Waals surface area contributed by atoms with E-state index in [4.69, 9.17) is 9.16 Å². The number of hydrogen-bond acceptors (Lipinski definition) is 4. The zero-order valence-corrected chi connectivity index (χ0v) is 16.3. The molecule has 1 aromatic carbocycles. The molecule has 2 rings (SSSR count). The second kappa shape index (κ2) is 7.25. The van der Waals surface area contributed by atoms with E-state index in [0.717, 1.165) is 5.56 Å². The third-order valence-electron chi connectivity index (χ3n) is 5.09. The van der Waals surface area contributed by atoms with E-state index in [1.165, 1.54) is 0 Å². The van der Waals surface area contributed by atoms with Crippen LogP contribution in [-0.2, 0) is 15.8 Å². The fourth-order valence-electron chi connectivity index (χ4n) is 2.25. The smallest absolute Gasteiger partial charge is 0.410 e. The van der Waals surface area contributed by atoms with Crippen LogP contribution in [0.3, 0.4) is 0 Å². The van der Waals surface area contributed by atoms with Gasteiger partial charge in [0.05, 0.1) is 25.3 Å². The lowest BCUT2D eigenvalue weighted by atomic mass is 10.0. The summed E-state index contributed by atoms with van der Waals surface area (Å²) in [5, 5.41) is 10.1. The molecule has 134 valence electrons.